The Hall–Kier alpha value is -2.33. The van der Waals surface area contributed by atoms with Crippen LogP contribution in [0.2, 0.25) is 0 Å². The van der Waals surface area contributed by atoms with Gasteiger partial charge in [0.25, 0.3) is 0 Å². The molecule has 0 aromatic heterocycles. The molecular weight excluding hydrogens is 300 g/mol. The number of hydrogen-bond acceptors (Lipinski definition) is 3. The maximum atomic E-state index is 12.5. The molecule has 126 valence electrons. The minimum Gasteiger partial charge on any atom is -0.378 e. The van der Waals surface area contributed by atoms with Crippen molar-refractivity contribution in [2.45, 2.75) is 13.3 Å². The Bertz CT molecular complexity index is 666. The zero-order chi connectivity index (χ0) is 16.8. The third kappa shape index (κ3) is 4.36. The number of anilines is 2. The Morgan fingerprint density at radius 2 is 1.88 bits per heavy atom. The lowest BCUT2D eigenvalue weighted by atomic mass is 10.0. The first-order chi connectivity index (χ1) is 11.7. The second-order valence-corrected chi connectivity index (χ2v) is 6.23. The molecule has 2 aromatic carbocycles. The molecule has 0 radical (unpaired) electrons. The fraction of sp³-hybridized carbons (Fsp3) is 0.350. The minimum absolute atomic E-state index is 0.0537. The van der Waals surface area contributed by atoms with Crippen molar-refractivity contribution < 1.29 is 9.53 Å². The maximum Gasteiger partial charge on any atom is 0.227 e. The molecule has 1 saturated heterocycles. The summed E-state index contributed by atoms with van der Waals surface area (Å²) in [6.45, 7) is 5.26. The number of carbonyl (C=O) groups is 1. The summed E-state index contributed by atoms with van der Waals surface area (Å²) in [7, 11) is 0. The first-order valence-corrected chi connectivity index (χ1v) is 8.50. The standard InChI is InChI=1S/C20H24N2O2/c1-16(14-17-6-3-2-4-7-17)20(23)21-18-8-5-9-19(15-18)22-10-12-24-13-11-22/h2-9,15-16H,10-14H2,1H3,(H,21,23). The number of nitrogens with zero attached hydrogens (tertiary/aromatic N) is 1. The highest BCUT2D eigenvalue weighted by molar-refractivity contribution is 5.93. The predicted octanol–water partition coefficient (Wildman–Crippen LogP) is 3.34. The van der Waals surface area contributed by atoms with Gasteiger partial charge in [-0.3, -0.25) is 4.79 Å². The van der Waals surface area contributed by atoms with Gasteiger partial charge in [-0.25, -0.2) is 0 Å². The van der Waals surface area contributed by atoms with E-state index in [1.165, 1.54) is 5.56 Å². The average Bonchev–Trinajstić information content (AvgIpc) is 2.63. The third-order valence-corrected chi connectivity index (χ3v) is 4.32. The topological polar surface area (TPSA) is 41.6 Å². The molecule has 0 aliphatic carbocycles. The number of rotatable bonds is 5. The molecule has 0 spiro atoms. The SMILES string of the molecule is CC(Cc1ccccc1)C(=O)Nc1cccc(N2CCOCC2)c1. The van der Waals surface area contributed by atoms with E-state index in [1.54, 1.807) is 0 Å². The van der Waals surface area contributed by atoms with Gasteiger partial charge in [-0.05, 0) is 30.2 Å². The summed E-state index contributed by atoms with van der Waals surface area (Å²) in [6.07, 6.45) is 0.746. The molecule has 1 aliphatic rings. The van der Waals surface area contributed by atoms with Gasteiger partial charge in [0, 0.05) is 30.4 Å². The molecule has 24 heavy (non-hydrogen) atoms. The summed E-state index contributed by atoms with van der Waals surface area (Å²) in [5.74, 6) is -0.0163. The summed E-state index contributed by atoms with van der Waals surface area (Å²) in [5.41, 5.74) is 3.16. The molecule has 3 rings (SSSR count). The van der Waals surface area contributed by atoms with Gasteiger partial charge in [0.15, 0.2) is 0 Å². The fourth-order valence-corrected chi connectivity index (χ4v) is 2.93. The van der Waals surface area contributed by atoms with Crippen molar-refractivity contribution in [2.75, 3.05) is 36.5 Å². The summed E-state index contributed by atoms with van der Waals surface area (Å²) in [4.78, 5) is 14.7. The number of benzene rings is 2. The van der Waals surface area contributed by atoms with Crippen molar-refractivity contribution in [3.05, 3.63) is 60.2 Å². The van der Waals surface area contributed by atoms with Crippen molar-refractivity contribution in [3.63, 3.8) is 0 Å². The van der Waals surface area contributed by atoms with E-state index >= 15 is 0 Å². The van der Waals surface area contributed by atoms with Crippen LogP contribution in [0.5, 0.6) is 0 Å². The summed E-state index contributed by atoms with van der Waals surface area (Å²) < 4.78 is 5.39. The molecule has 1 heterocycles. The van der Waals surface area contributed by atoms with Crippen LogP contribution in [0.15, 0.2) is 54.6 Å². The van der Waals surface area contributed by atoms with E-state index < -0.39 is 0 Å². The number of morpholine rings is 1. The van der Waals surface area contributed by atoms with E-state index in [0.29, 0.717) is 0 Å². The number of carbonyl (C=O) groups excluding carboxylic acids is 1. The molecular formula is C20H24N2O2. The van der Waals surface area contributed by atoms with Gasteiger partial charge in [-0.1, -0.05) is 43.3 Å². The molecule has 4 heteroatoms. The third-order valence-electron chi connectivity index (χ3n) is 4.32. The lowest BCUT2D eigenvalue weighted by Gasteiger charge is -2.29. The van der Waals surface area contributed by atoms with Crippen molar-refractivity contribution >= 4 is 17.3 Å². The molecule has 2 aromatic rings. The molecule has 1 N–H and O–H groups in total. The molecule has 0 saturated carbocycles. The predicted molar refractivity (Wildman–Crippen MR) is 97.4 cm³/mol. The van der Waals surface area contributed by atoms with Crippen molar-refractivity contribution in [1.82, 2.24) is 0 Å². The zero-order valence-electron chi connectivity index (χ0n) is 14.1. The minimum atomic E-state index is -0.0700. The van der Waals surface area contributed by atoms with Gasteiger partial charge < -0.3 is 15.0 Å². The van der Waals surface area contributed by atoms with E-state index in [1.807, 2.05) is 43.3 Å². The summed E-state index contributed by atoms with van der Waals surface area (Å²) in [6, 6.07) is 18.2. The number of nitrogens with one attached hydrogen (secondary N) is 1. The maximum absolute atomic E-state index is 12.5. The largest absolute Gasteiger partial charge is 0.378 e. The van der Waals surface area contributed by atoms with Crippen LogP contribution >= 0.6 is 0 Å². The van der Waals surface area contributed by atoms with Gasteiger partial charge in [0.05, 0.1) is 13.2 Å². The van der Waals surface area contributed by atoms with Crippen LogP contribution in [0.1, 0.15) is 12.5 Å². The quantitative estimate of drug-likeness (QED) is 0.917. The number of amides is 1. The van der Waals surface area contributed by atoms with Crippen molar-refractivity contribution in [2.24, 2.45) is 5.92 Å². The van der Waals surface area contributed by atoms with Gasteiger partial charge in [-0.2, -0.15) is 0 Å². The molecule has 4 nitrogen and oxygen atoms in total. The summed E-state index contributed by atoms with van der Waals surface area (Å²) in [5, 5.41) is 3.04. The van der Waals surface area contributed by atoms with Crippen LogP contribution in [-0.4, -0.2) is 32.2 Å². The fourth-order valence-electron chi connectivity index (χ4n) is 2.93. The van der Waals surface area contributed by atoms with E-state index in [4.69, 9.17) is 4.74 Å². The highest BCUT2D eigenvalue weighted by atomic mass is 16.5. The molecule has 1 fully saturated rings. The highest BCUT2D eigenvalue weighted by Crippen LogP contribution is 2.21. The monoisotopic (exact) mass is 324 g/mol. The van der Waals surface area contributed by atoms with Gasteiger partial charge >= 0.3 is 0 Å². The second-order valence-electron chi connectivity index (χ2n) is 6.23. The number of hydrogen-bond donors (Lipinski definition) is 1. The Morgan fingerprint density at radius 3 is 2.62 bits per heavy atom. The smallest absolute Gasteiger partial charge is 0.227 e. The average molecular weight is 324 g/mol. The zero-order valence-corrected chi connectivity index (χ0v) is 14.1. The Kier molecular flexibility index (Phi) is 5.49. The summed E-state index contributed by atoms with van der Waals surface area (Å²) >= 11 is 0. The van der Waals surface area contributed by atoms with Gasteiger partial charge in [-0.15, -0.1) is 0 Å². The number of ether oxygens (including phenoxy) is 1. The van der Waals surface area contributed by atoms with E-state index in [0.717, 1.165) is 44.1 Å². The first kappa shape index (κ1) is 16.5. The van der Waals surface area contributed by atoms with Crippen LogP contribution < -0.4 is 10.2 Å². The molecule has 1 aliphatic heterocycles. The van der Waals surface area contributed by atoms with E-state index in [2.05, 4.69) is 28.4 Å². The van der Waals surface area contributed by atoms with Crippen LogP contribution in [0, 0.1) is 5.92 Å². The Balaban J connectivity index is 1.61. The molecule has 1 unspecified atom stereocenters. The van der Waals surface area contributed by atoms with Crippen molar-refractivity contribution in [1.29, 1.82) is 0 Å². The lowest BCUT2D eigenvalue weighted by Crippen LogP contribution is -2.36. The van der Waals surface area contributed by atoms with E-state index in [9.17, 15) is 4.79 Å². The molecule has 0 bridgehead atoms. The van der Waals surface area contributed by atoms with E-state index in [-0.39, 0.29) is 11.8 Å². The van der Waals surface area contributed by atoms with Crippen LogP contribution in [0.3, 0.4) is 0 Å². The Labute approximate surface area is 143 Å². The highest BCUT2D eigenvalue weighted by Gasteiger charge is 2.15. The lowest BCUT2D eigenvalue weighted by molar-refractivity contribution is -0.119. The van der Waals surface area contributed by atoms with Crippen molar-refractivity contribution in [3.8, 4) is 0 Å². The van der Waals surface area contributed by atoms with Gasteiger partial charge in [0.2, 0.25) is 5.91 Å². The van der Waals surface area contributed by atoms with Crippen LogP contribution in [0.4, 0.5) is 11.4 Å². The van der Waals surface area contributed by atoms with Crippen LogP contribution in [0.25, 0.3) is 0 Å². The second kappa shape index (κ2) is 7.97. The normalized spacial score (nSPS) is 15.8. The van der Waals surface area contributed by atoms with Crippen LogP contribution in [-0.2, 0) is 16.0 Å². The molecule has 1 amide bonds. The Morgan fingerprint density at radius 1 is 1.12 bits per heavy atom. The first-order valence-electron chi connectivity index (χ1n) is 8.50. The van der Waals surface area contributed by atoms with Gasteiger partial charge in [0.1, 0.15) is 0 Å². The molecule has 1 atom stereocenters.